The summed E-state index contributed by atoms with van der Waals surface area (Å²) in [6.45, 7) is 1.78. The van der Waals surface area contributed by atoms with Gasteiger partial charge in [-0.1, -0.05) is 65.0 Å². The number of hydrogen-bond donors (Lipinski definition) is 1. The van der Waals surface area contributed by atoms with Gasteiger partial charge < -0.3 is 0 Å². The molecule has 0 radical (unpaired) electrons. The van der Waals surface area contributed by atoms with Gasteiger partial charge in [0.25, 0.3) is 10.0 Å². The molecule has 1 N–H and O–H groups in total. The number of nitrogens with zero attached hydrogens (tertiary/aromatic N) is 2. The summed E-state index contributed by atoms with van der Waals surface area (Å²) >= 11 is 10.3. The minimum Gasteiger partial charge on any atom is -0.253 e. The molecule has 0 spiro atoms. The summed E-state index contributed by atoms with van der Waals surface area (Å²) in [7, 11) is -3.81. The van der Waals surface area contributed by atoms with Gasteiger partial charge in [-0.25, -0.2) is 8.42 Å². The SMILES string of the molecule is CSc1nnc(NS(=O)(=O)c2cc(C)c(Cl)cc2SCc2ccccc2)s1. The van der Waals surface area contributed by atoms with Crippen LogP contribution in [0.1, 0.15) is 11.1 Å². The maximum atomic E-state index is 13.0. The fourth-order valence-corrected chi connectivity index (χ4v) is 6.40. The van der Waals surface area contributed by atoms with Crippen molar-refractivity contribution in [3.8, 4) is 0 Å². The van der Waals surface area contributed by atoms with E-state index >= 15 is 0 Å². The highest BCUT2D eigenvalue weighted by molar-refractivity contribution is 8.00. The quantitative estimate of drug-likeness (QED) is 0.484. The lowest BCUT2D eigenvalue weighted by molar-refractivity contribution is 0.599. The number of benzene rings is 2. The third-order valence-electron chi connectivity index (χ3n) is 3.55. The molecule has 5 nitrogen and oxygen atoms in total. The van der Waals surface area contributed by atoms with E-state index in [1.54, 1.807) is 19.1 Å². The van der Waals surface area contributed by atoms with E-state index < -0.39 is 10.0 Å². The molecule has 0 unspecified atom stereocenters. The molecule has 0 aliphatic rings. The van der Waals surface area contributed by atoms with Crippen molar-refractivity contribution >= 4 is 61.6 Å². The number of sulfonamides is 1. The van der Waals surface area contributed by atoms with Crippen molar-refractivity contribution in [2.45, 2.75) is 26.8 Å². The van der Waals surface area contributed by atoms with Crippen LogP contribution < -0.4 is 4.72 Å². The predicted molar refractivity (Wildman–Crippen MR) is 115 cm³/mol. The first-order chi connectivity index (χ1) is 12.9. The Morgan fingerprint density at radius 2 is 1.93 bits per heavy atom. The summed E-state index contributed by atoms with van der Waals surface area (Å²) in [5.41, 5.74) is 1.80. The Morgan fingerprint density at radius 1 is 1.19 bits per heavy atom. The molecule has 0 saturated carbocycles. The molecule has 0 bridgehead atoms. The molecule has 0 atom stereocenters. The molecule has 2 aromatic carbocycles. The Hall–Kier alpha value is -1.26. The monoisotopic (exact) mass is 457 g/mol. The Morgan fingerprint density at radius 3 is 2.59 bits per heavy atom. The van der Waals surface area contributed by atoms with Crippen LogP contribution in [0.2, 0.25) is 5.02 Å². The molecule has 0 fully saturated rings. The molecule has 0 aliphatic heterocycles. The van der Waals surface area contributed by atoms with Crippen LogP contribution in [-0.2, 0) is 15.8 Å². The fraction of sp³-hybridized carbons (Fsp3) is 0.176. The van der Waals surface area contributed by atoms with Crippen LogP contribution in [0.25, 0.3) is 0 Å². The van der Waals surface area contributed by atoms with Crippen LogP contribution in [-0.4, -0.2) is 24.9 Å². The van der Waals surface area contributed by atoms with Crippen molar-refractivity contribution in [1.29, 1.82) is 0 Å². The van der Waals surface area contributed by atoms with Crippen LogP contribution >= 0.6 is 46.5 Å². The number of aryl methyl sites for hydroxylation is 1. The van der Waals surface area contributed by atoms with E-state index in [1.165, 1.54) is 34.9 Å². The van der Waals surface area contributed by atoms with Crippen molar-refractivity contribution in [2.24, 2.45) is 0 Å². The molecular formula is C17H16ClN3O2S4. The molecule has 0 saturated heterocycles. The zero-order valence-electron chi connectivity index (χ0n) is 14.5. The number of nitrogens with one attached hydrogen (secondary N) is 1. The van der Waals surface area contributed by atoms with E-state index in [1.807, 2.05) is 36.6 Å². The Balaban J connectivity index is 1.91. The second-order valence-electron chi connectivity index (χ2n) is 5.51. The molecule has 3 rings (SSSR count). The van der Waals surface area contributed by atoms with Gasteiger partial charge in [-0.05, 0) is 36.4 Å². The minimum atomic E-state index is -3.81. The Bertz CT molecular complexity index is 1040. The third kappa shape index (κ3) is 5.17. The number of thioether (sulfide) groups is 2. The van der Waals surface area contributed by atoms with Gasteiger partial charge >= 0.3 is 0 Å². The van der Waals surface area contributed by atoms with Crippen LogP contribution in [0, 0.1) is 6.92 Å². The van der Waals surface area contributed by atoms with Crippen LogP contribution in [0.4, 0.5) is 5.13 Å². The first-order valence-electron chi connectivity index (χ1n) is 7.76. The van der Waals surface area contributed by atoms with Crippen LogP contribution in [0.3, 0.4) is 0 Å². The van der Waals surface area contributed by atoms with Crippen molar-refractivity contribution < 1.29 is 8.42 Å². The lowest BCUT2D eigenvalue weighted by Gasteiger charge is -2.13. The van der Waals surface area contributed by atoms with Gasteiger partial charge in [-0.2, -0.15) is 0 Å². The summed E-state index contributed by atoms with van der Waals surface area (Å²) in [5.74, 6) is 0.637. The highest BCUT2D eigenvalue weighted by atomic mass is 35.5. The van der Waals surface area contributed by atoms with Crippen molar-refractivity contribution in [1.82, 2.24) is 10.2 Å². The fourth-order valence-electron chi connectivity index (χ4n) is 2.20. The number of hydrogen-bond acceptors (Lipinski definition) is 7. The molecular weight excluding hydrogens is 442 g/mol. The molecule has 1 heterocycles. The highest BCUT2D eigenvalue weighted by Crippen LogP contribution is 2.35. The van der Waals surface area contributed by atoms with E-state index in [9.17, 15) is 8.42 Å². The minimum absolute atomic E-state index is 0.186. The van der Waals surface area contributed by atoms with E-state index in [-0.39, 0.29) is 10.0 Å². The second-order valence-corrected chi connectivity index (χ2v) is 10.6. The molecule has 10 heteroatoms. The topological polar surface area (TPSA) is 72.0 Å². The third-order valence-corrected chi connectivity index (χ3v) is 8.54. The molecule has 1 aromatic heterocycles. The molecule has 142 valence electrons. The Kier molecular flexibility index (Phi) is 6.69. The summed E-state index contributed by atoms with van der Waals surface area (Å²) in [6.07, 6.45) is 1.86. The van der Waals surface area contributed by atoms with Gasteiger partial charge in [0.15, 0.2) is 4.34 Å². The van der Waals surface area contributed by atoms with Gasteiger partial charge in [-0.3, -0.25) is 4.72 Å². The first-order valence-corrected chi connectivity index (χ1v) is 12.6. The highest BCUT2D eigenvalue weighted by Gasteiger charge is 2.22. The lowest BCUT2D eigenvalue weighted by atomic mass is 10.2. The van der Waals surface area contributed by atoms with Gasteiger partial charge in [0, 0.05) is 15.7 Å². The van der Waals surface area contributed by atoms with Gasteiger partial charge in [0.2, 0.25) is 5.13 Å². The van der Waals surface area contributed by atoms with E-state index in [2.05, 4.69) is 14.9 Å². The first kappa shape index (κ1) is 20.5. The summed E-state index contributed by atoms with van der Waals surface area (Å²) < 4.78 is 29.1. The average Bonchev–Trinajstić information content (AvgIpc) is 3.10. The zero-order chi connectivity index (χ0) is 19.4. The summed E-state index contributed by atoms with van der Waals surface area (Å²) in [4.78, 5) is 0.780. The summed E-state index contributed by atoms with van der Waals surface area (Å²) in [6, 6.07) is 13.1. The maximum absolute atomic E-state index is 13.0. The molecule has 27 heavy (non-hydrogen) atoms. The average molecular weight is 458 g/mol. The smallest absolute Gasteiger partial charge is 0.253 e. The lowest BCUT2D eigenvalue weighted by Crippen LogP contribution is -2.14. The van der Waals surface area contributed by atoms with E-state index in [0.717, 1.165) is 5.56 Å². The maximum Gasteiger partial charge on any atom is 0.264 e. The summed E-state index contributed by atoms with van der Waals surface area (Å²) in [5, 5.41) is 8.58. The Labute approximate surface area is 176 Å². The largest absolute Gasteiger partial charge is 0.264 e. The molecule has 0 aliphatic carbocycles. The van der Waals surface area contributed by atoms with Crippen LogP contribution in [0.5, 0.6) is 0 Å². The predicted octanol–water partition coefficient (Wildman–Crippen LogP) is 5.31. The normalized spacial score (nSPS) is 11.5. The van der Waals surface area contributed by atoms with E-state index in [4.69, 9.17) is 11.6 Å². The molecule has 3 aromatic rings. The van der Waals surface area contributed by atoms with E-state index in [0.29, 0.717) is 25.6 Å². The number of rotatable bonds is 7. The van der Waals surface area contributed by atoms with Crippen molar-refractivity contribution in [3.05, 3.63) is 58.6 Å². The number of halogens is 1. The van der Waals surface area contributed by atoms with Gasteiger partial charge in [0.1, 0.15) is 4.90 Å². The number of anilines is 1. The zero-order valence-corrected chi connectivity index (χ0v) is 18.5. The van der Waals surface area contributed by atoms with Crippen LogP contribution in [0.15, 0.2) is 56.6 Å². The van der Waals surface area contributed by atoms with Crippen molar-refractivity contribution in [3.63, 3.8) is 0 Å². The number of aromatic nitrogens is 2. The standard InChI is InChI=1S/C17H16ClN3O2S4/c1-11-8-15(27(22,23)21-16-19-20-17(24-2)26-16)14(9-13(11)18)25-10-12-6-4-3-5-7-12/h3-9H,10H2,1-2H3,(H,19,21). The van der Waals surface area contributed by atoms with Crippen molar-refractivity contribution in [2.75, 3.05) is 11.0 Å². The van der Waals surface area contributed by atoms with Gasteiger partial charge in [0.05, 0.1) is 0 Å². The molecule has 0 amide bonds. The second kappa shape index (κ2) is 8.83. The van der Waals surface area contributed by atoms with Gasteiger partial charge in [-0.15, -0.1) is 22.0 Å².